The number of carbonyl (C=O) groups is 3. The molecule has 1 saturated carbocycles. The first kappa shape index (κ1) is 18.6. The maximum Gasteiger partial charge on any atom is 0.411 e. The Hall–Kier alpha value is -2.77. The van der Waals surface area contributed by atoms with Crippen LogP contribution in [-0.4, -0.2) is 46.6 Å². The second-order valence-electron chi connectivity index (χ2n) is 8.78. The molecule has 1 spiro atoms. The van der Waals surface area contributed by atoms with Crippen molar-refractivity contribution in [2.75, 3.05) is 11.9 Å². The van der Waals surface area contributed by atoms with Crippen LogP contribution in [0.15, 0.2) is 18.2 Å². The Kier molecular flexibility index (Phi) is 4.06. The molecule has 0 unspecified atom stereocenters. The van der Waals surface area contributed by atoms with E-state index in [1.165, 1.54) is 4.90 Å². The lowest BCUT2D eigenvalue weighted by Crippen LogP contribution is -2.53. The molecular weight excluding hydrogens is 362 g/mol. The highest BCUT2D eigenvalue weighted by molar-refractivity contribution is 6.03. The van der Waals surface area contributed by atoms with Crippen LogP contribution in [0.1, 0.15) is 51.5 Å². The number of hydrogen-bond donors (Lipinski definition) is 2. The molecule has 3 aliphatic rings. The van der Waals surface area contributed by atoms with Gasteiger partial charge in [-0.3, -0.25) is 14.5 Å². The van der Waals surface area contributed by atoms with E-state index < -0.39 is 29.2 Å². The van der Waals surface area contributed by atoms with E-state index in [4.69, 9.17) is 15.2 Å². The van der Waals surface area contributed by atoms with Gasteiger partial charge in [-0.15, -0.1) is 0 Å². The van der Waals surface area contributed by atoms with Crippen molar-refractivity contribution in [1.29, 1.82) is 0 Å². The number of rotatable bonds is 2. The van der Waals surface area contributed by atoms with Crippen LogP contribution in [0.25, 0.3) is 0 Å². The first-order valence-corrected chi connectivity index (χ1v) is 9.52. The van der Waals surface area contributed by atoms with Gasteiger partial charge in [-0.05, 0) is 51.2 Å². The minimum Gasteiger partial charge on any atom is -0.473 e. The molecule has 2 aliphatic heterocycles. The first-order valence-electron chi connectivity index (χ1n) is 9.52. The summed E-state index contributed by atoms with van der Waals surface area (Å²) in [6, 6.07) is 4.70. The van der Waals surface area contributed by atoms with Crippen LogP contribution in [0.5, 0.6) is 5.75 Å². The van der Waals surface area contributed by atoms with Crippen molar-refractivity contribution in [3.63, 3.8) is 0 Å². The Balaban J connectivity index is 1.67. The first-order chi connectivity index (χ1) is 13.1. The fraction of sp³-hybridized carbons (Fsp3) is 0.550. The number of primary amides is 1. The third kappa shape index (κ3) is 3.16. The average molecular weight is 387 g/mol. The number of para-hydroxylation sites is 1. The molecule has 2 atom stereocenters. The second kappa shape index (κ2) is 6.12. The summed E-state index contributed by atoms with van der Waals surface area (Å²) < 4.78 is 11.7. The molecule has 28 heavy (non-hydrogen) atoms. The standard InChI is InChI=1S/C20H25N3O5/c1-19(2,3)28-18(26)23-10-20(9-14(23)16(21)24)17(25)22-13-6-4-5-12(11-7-8-11)15(13)27-20/h4-6,11,14H,7-10H2,1-3H3,(H2,21,24)(H,22,25)/t14-,20+/m0/s1. The largest absolute Gasteiger partial charge is 0.473 e. The molecule has 1 aromatic rings. The van der Waals surface area contributed by atoms with Crippen molar-refractivity contribution < 1.29 is 23.9 Å². The van der Waals surface area contributed by atoms with Crippen molar-refractivity contribution in [2.24, 2.45) is 5.73 Å². The van der Waals surface area contributed by atoms with Crippen LogP contribution < -0.4 is 15.8 Å². The predicted molar refractivity (Wildman–Crippen MR) is 101 cm³/mol. The molecule has 2 fully saturated rings. The number of carbonyl (C=O) groups excluding carboxylic acids is 3. The van der Waals surface area contributed by atoms with Gasteiger partial charge < -0.3 is 20.5 Å². The van der Waals surface area contributed by atoms with Gasteiger partial charge in [0.2, 0.25) is 11.5 Å². The van der Waals surface area contributed by atoms with Gasteiger partial charge in [0, 0.05) is 6.42 Å². The Bertz CT molecular complexity index is 858. The predicted octanol–water partition coefficient (Wildman–Crippen LogP) is 2.13. The molecule has 0 bridgehead atoms. The fourth-order valence-electron chi connectivity index (χ4n) is 3.84. The number of hydrogen-bond acceptors (Lipinski definition) is 5. The molecule has 1 aromatic carbocycles. The van der Waals surface area contributed by atoms with Crippen molar-refractivity contribution >= 4 is 23.6 Å². The number of nitrogens with zero attached hydrogens (tertiary/aromatic N) is 1. The molecule has 4 rings (SSSR count). The molecule has 1 aliphatic carbocycles. The summed E-state index contributed by atoms with van der Waals surface area (Å²) in [5.41, 5.74) is 5.09. The van der Waals surface area contributed by atoms with Gasteiger partial charge in [0.1, 0.15) is 17.4 Å². The molecule has 3 N–H and O–H groups in total. The average Bonchev–Trinajstić information content (AvgIpc) is 3.35. The number of nitrogens with one attached hydrogen (secondary N) is 1. The van der Waals surface area contributed by atoms with Gasteiger partial charge in [0.15, 0.2) is 0 Å². The zero-order valence-corrected chi connectivity index (χ0v) is 16.3. The highest BCUT2D eigenvalue weighted by Gasteiger charge is 2.57. The van der Waals surface area contributed by atoms with Crippen molar-refractivity contribution in [3.8, 4) is 5.75 Å². The van der Waals surface area contributed by atoms with Crippen LogP contribution in [-0.2, 0) is 14.3 Å². The molecule has 150 valence electrons. The van der Waals surface area contributed by atoms with E-state index in [-0.39, 0.29) is 18.9 Å². The van der Waals surface area contributed by atoms with Crippen LogP contribution in [0.3, 0.4) is 0 Å². The van der Waals surface area contributed by atoms with Gasteiger partial charge in [0.05, 0.1) is 12.2 Å². The summed E-state index contributed by atoms with van der Waals surface area (Å²) in [5, 5.41) is 2.89. The number of likely N-dealkylation sites (tertiary alicyclic amines) is 1. The smallest absolute Gasteiger partial charge is 0.411 e. The lowest BCUT2D eigenvalue weighted by molar-refractivity contribution is -0.131. The summed E-state index contributed by atoms with van der Waals surface area (Å²) in [6.45, 7) is 5.10. The summed E-state index contributed by atoms with van der Waals surface area (Å²) in [4.78, 5) is 38.8. The number of ether oxygens (including phenoxy) is 2. The lowest BCUT2D eigenvalue weighted by Gasteiger charge is -2.35. The van der Waals surface area contributed by atoms with Gasteiger partial charge in [0.25, 0.3) is 5.91 Å². The molecule has 3 amide bonds. The van der Waals surface area contributed by atoms with Gasteiger partial charge in [-0.1, -0.05) is 12.1 Å². The molecule has 1 saturated heterocycles. The van der Waals surface area contributed by atoms with Gasteiger partial charge in [-0.2, -0.15) is 0 Å². The third-order valence-corrected chi connectivity index (χ3v) is 5.30. The molecule has 8 heteroatoms. The van der Waals surface area contributed by atoms with Gasteiger partial charge >= 0.3 is 6.09 Å². The monoisotopic (exact) mass is 387 g/mol. The van der Waals surface area contributed by atoms with Crippen LogP contribution >= 0.6 is 0 Å². The molecule has 2 heterocycles. The lowest BCUT2D eigenvalue weighted by atomic mass is 9.95. The highest BCUT2D eigenvalue weighted by atomic mass is 16.6. The number of benzene rings is 1. The number of anilines is 1. The van der Waals surface area contributed by atoms with E-state index >= 15 is 0 Å². The third-order valence-electron chi connectivity index (χ3n) is 5.30. The van der Waals surface area contributed by atoms with E-state index in [1.807, 2.05) is 12.1 Å². The molecular formula is C20H25N3O5. The Labute approximate surface area is 163 Å². The summed E-state index contributed by atoms with van der Waals surface area (Å²) in [6.07, 6.45) is 1.46. The van der Waals surface area contributed by atoms with Gasteiger partial charge in [-0.25, -0.2) is 4.79 Å². The van der Waals surface area contributed by atoms with Crippen LogP contribution in [0, 0.1) is 0 Å². The SMILES string of the molecule is CC(C)(C)OC(=O)N1C[C@@]2(C[C@H]1C(N)=O)Oc1c(cccc1C1CC1)NC2=O. The van der Waals surface area contributed by atoms with Crippen LogP contribution in [0.4, 0.5) is 10.5 Å². The van der Waals surface area contributed by atoms with E-state index in [0.29, 0.717) is 17.4 Å². The summed E-state index contributed by atoms with van der Waals surface area (Å²) >= 11 is 0. The van der Waals surface area contributed by atoms with E-state index in [1.54, 1.807) is 26.8 Å². The molecule has 0 radical (unpaired) electrons. The summed E-state index contributed by atoms with van der Waals surface area (Å²) in [7, 11) is 0. The fourth-order valence-corrected chi connectivity index (χ4v) is 3.84. The van der Waals surface area contributed by atoms with E-state index in [0.717, 1.165) is 18.4 Å². The number of fused-ring (bicyclic) bond motifs is 1. The van der Waals surface area contributed by atoms with Crippen molar-refractivity contribution in [3.05, 3.63) is 23.8 Å². The number of nitrogens with two attached hydrogens (primary N) is 1. The maximum absolute atomic E-state index is 12.9. The van der Waals surface area contributed by atoms with Crippen molar-refractivity contribution in [2.45, 2.75) is 63.2 Å². The topological polar surface area (TPSA) is 111 Å². The second-order valence-corrected chi connectivity index (χ2v) is 8.78. The highest BCUT2D eigenvalue weighted by Crippen LogP contribution is 2.50. The minimum absolute atomic E-state index is 0.00808. The van der Waals surface area contributed by atoms with E-state index in [2.05, 4.69) is 5.32 Å². The summed E-state index contributed by atoms with van der Waals surface area (Å²) in [5.74, 6) is -0.0400. The maximum atomic E-state index is 12.9. The Morgan fingerprint density at radius 3 is 2.64 bits per heavy atom. The van der Waals surface area contributed by atoms with E-state index in [9.17, 15) is 14.4 Å². The minimum atomic E-state index is -1.37. The Morgan fingerprint density at radius 2 is 2.04 bits per heavy atom. The Morgan fingerprint density at radius 1 is 1.32 bits per heavy atom. The number of amides is 3. The van der Waals surface area contributed by atoms with Crippen LogP contribution in [0.2, 0.25) is 0 Å². The quantitative estimate of drug-likeness (QED) is 0.808. The normalized spacial score (nSPS) is 26.5. The zero-order valence-electron chi connectivity index (χ0n) is 16.3. The van der Waals surface area contributed by atoms with Crippen molar-refractivity contribution in [1.82, 2.24) is 4.90 Å². The molecule has 0 aromatic heterocycles. The zero-order chi connectivity index (χ0) is 20.3. The molecule has 8 nitrogen and oxygen atoms in total.